The third-order valence-electron chi connectivity index (χ3n) is 6.83. The zero-order valence-electron chi connectivity index (χ0n) is 15.3. The Morgan fingerprint density at radius 1 is 1.36 bits per heavy atom. The number of methoxy groups -OCH3 is 1. The Balaban J connectivity index is 1.41. The maximum absolute atomic E-state index is 12.8. The van der Waals surface area contributed by atoms with Crippen LogP contribution in [-0.2, 0) is 4.74 Å². The maximum atomic E-state index is 12.8. The summed E-state index contributed by atoms with van der Waals surface area (Å²) in [7, 11) is 1.79. The molecule has 1 aliphatic carbocycles. The Morgan fingerprint density at radius 2 is 2.16 bits per heavy atom. The van der Waals surface area contributed by atoms with Gasteiger partial charge in [-0.1, -0.05) is 6.42 Å². The lowest BCUT2D eigenvalue weighted by atomic mass is 9.71. The lowest BCUT2D eigenvalue weighted by Gasteiger charge is -2.44. The highest BCUT2D eigenvalue weighted by Gasteiger charge is 2.49. The third-order valence-corrected chi connectivity index (χ3v) is 7.51. The summed E-state index contributed by atoms with van der Waals surface area (Å²) < 4.78 is 5.54. The van der Waals surface area contributed by atoms with Gasteiger partial charge in [-0.15, -0.1) is 0 Å². The molecule has 0 N–H and O–H groups in total. The topological polar surface area (TPSA) is 32.8 Å². The Labute approximate surface area is 155 Å². The number of carbonyl (C=O) groups is 1. The summed E-state index contributed by atoms with van der Waals surface area (Å²) in [4.78, 5) is 17.6. The molecule has 1 saturated carbocycles. The Hall–Kier alpha value is -0.910. The van der Waals surface area contributed by atoms with Crippen LogP contribution in [0.25, 0.3) is 0 Å². The van der Waals surface area contributed by atoms with Crippen molar-refractivity contribution in [2.24, 2.45) is 17.3 Å². The first kappa shape index (κ1) is 17.5. The molecular formula is C20H30N2O2S. The van der Waals surface area contributed by atoms with E-state index >= 15 is 0 Å². The van der Waals surface area contributed by atoms with E-state index < -0.39 is 0 Å². The van der Waals surface area contributed by atoms with Crippen LogP contribution in [0.4, 0.5) is 0 Å². The van der Waals surface area contributed by atoms with Crippen LogP contribution in [0.1, 0.15) is 42.5 Å². The van der Waals surface area contributed by atoms with Crippen molar-refractivity contribution in [3.63, 3.8) is 0 Å². The molecule has 4 rings (SSSR count). The highest BCUT2D eigenvalue weighted by Crippen LogP contribution is 2.45. The van der Waals surface area contributed by atoms with Crippen LogP contribution in [0.15, 0.2) is 16.8 Å². The zero-order chi connectivity index (χ0) is 17.3. The van der Waals surface area contributed by atoms with E-state index in [1.807, 2.05) is 16.8 Å². The van der Waals surface area contributed by atoms with Crippen LogP contribution < -0.4 is 0 Å². The molecule has 1 unspecified atom stereocenters. The van der Waals surface area contributed by atoms with E-state index in [1.54, 1.807) is 18.4 Å². The van der Waals surface area contributed by atoms with Gasteiger partial charge in [0.1, 0.15) is 0 Å². The maximum Gasteiger partial charge on any atom is 0.254 e. The largest absolute Gasteiger partial charge is 0.384 e. The molecule has 1 spiro atoms. The fourth-order valence-electron chi connectivity index (χ4n) is 4.98. The first-order valence-corrected chi connectivity index (χ1v) is 10.7. The number of nitrogens with zero attached hydrogens (tertiary/aromatic N) is 2. The monoisotopic (exact) mass is 362 g/mol. The van der Waals surface area contributed by atoms with E-state index in [0.717, 1.165) is 31.2 Å². The van der Waals surface area contributed by atoms with Gasteiger partial charge in [-0.3, -0.25) is 4.79 Å². The normalized spacial score (nSPS) is 26.9. The van der Waals surface area contributed by atoms with Crippen LogP contribution in [0.5, 0.6) is 0 Å². The molecule has 3 heterocycles. The predicted octanol–water partition coefficient (Wildman–Crippen LogP) is 3.35. The van der Waals surface area contributed by atoms with Crippen molar-refractivity contribution in [2.45, 2.75) is 32.1 Å². The van der Waals surface area contributed by atoms with Gasteiger partial charge in [0.15, 0.2) is 0 Å². The number of ether oxygens (including phenoxy) is 1. The summed E-state index contributed by atoms with van der Waals surface area (Å²) in [5.74, 6) is 1.63. The van der Waals surface area contributed by atoms with Crippen LogP contribution in [0, 0.1) is 17.3 Å². The SMILES string of the molecule is COCC1CN(C(=O)c2ccsc2)CC12CCN(CC1CCC1)CC2. The van der Waals surface area contributed by atoms with Crippen molar-refractivity contribution >= 4 is 17.2 Å². The molecule has 1 aromatic rings. The molecule has 138 valence electrons. The molecule has 1 amide bonds. The average molecular weight is 363 g/mol. The molecule has 3 fully saturated rings. The number of likely N-dealkylation sites (tertiary alicyclic amines) is 2. The predicted molar refractivity (Wildman–Crippen MR) is 101 cm³/mol. The molecule has 0 radical (unpaired) electrons. The van der Waals surface area contributed by atoms with Crippen molar-refractivity contribution in [3.8, 4) is 0 Å². The number of amides is 1. The minimum Gasteiger partial charge on any atom is -0.384 e. The number of thiophene rings is 1. The number of rotatable bonds is 5. The van der Waals surface area contributed by atoms with Gasteiger partial charge in [-0.05, 0) is 61.6 Å². The Kier molecular flexibility index (Phi) is 5.16. The van der Waals surface area contributed by atoms with Crippen LogP contribution in [-0.4, -0.2) is 62.1 Å². The summed E-state index contributed by atoms with van der Waals surface area (Å²) in [6.45, 7) is 6.21. The molecule has 0 bridgehead atoms. The lowest BCUT2D eigenvalue weighted by molar-refractivity contribution is 0.0280. The van der Waals surface area contributed by atoms with Crippen molar-refractivity contribution in [3.05, 3.63) is 22.4 Å². The molecule has 2 aliphatic heterocycles. The summed E-state index contributed by atoms with van der Waals surface area (Å²) in [5.41, 5.74) is 1.11. The number of hydrogen-bond acceptors (Lipinski definition) is 4. The fourth-order valence-corrected chi connectivity index (χ4v) is 5.61. The van der Waals surface area contributed by atoms with Gasteiger partial charge < -0.3 is 14.5 Å². The molecule has 4 nitrogen and oxygen atoms in total. The quantitative estimate of drug-likeness (QED) is 0.805. The molecule has 25 heavy (non-hydrogen) atoms. The van der Waals surface area contributed by atoms with E-state index in [2.05, 4.69) is 9.80 Å². The smallest absolute Gasteiger partial charge is 0.254 e. The minimum absolute atomic E-state index is 0.205. The second-order valence-corrected chi connectivity index (χ2v) is 9.09. The van der Waals surface area contributed by atoms with E-state index in [-0.39, 0.29) is 11.3 Å². The van der Waals surface area contributed by atoms with E-state index in [1.165, 1.54) is 51.7 Å². The number of carbonyl (C=O) groups excluding carboxylic acids is 1. The van der Waals surface area contributed by atoms with Gasteiger partial charge in [0.25, 0.3) is 5.91 Å². The summed E-state index contributed by atoms with van der Waals surface area (Å²) in [6.07, 6.45) is 6.70. The van der Waals surface area contributed by atoms with Gasteiger partial charge in [0.2, 0.25) is 0 Å². The molecule has 1 atom stereocenters. The summed E-state index contributed by atoms with van der Waals surface area (Å²) in [6, 6.07) is 1.95. The van der Waals surface area contributed by atoms with Gasteiger partial charge >= 0.3 is 0 Å². The fraction of sp³-hybridized carbons (Fsp3) is 0.750. The number of hydrogen-bond donors (Lipinski definition) is 0. The first-order valence-electron chi connectivity index (χ1n) is 9.73. The standard InChI is InChI=1S/C20H30N2O2S/c1-24-13-18-12-22(19(23)17-5-10-25-14-17)15-20(18)6-8-21(9-7-20)11-16-3-2-4-16/h5,10,14,16,18H,2-4,6-9,11-13,15H2,1H3. The summed E-state index contributed by atoms with van der Waals surface area (Å²) >= 11 is 1.60. The van der Waals surface area contributed by atoms with Crippen LogP contribution in [0.3, 0.4) is 0 Å². The van der Waals surface area contributed by atoms with E-state index in [9.17, 15) is 4.79 Å². The van der Waals surface area contributed by atoms with Crippen molar-refractivity contribution in [2.75, 3.05) is 46.4 Å². The molecule has 5 heteroatoms. The van der Waals surface area contributed by atoms with Gasteiger partial charge in [-0.25, -0.2) is 0 Å². The van der Waals surface area contributed by atoms with E-state index in [4.69, 9.17) is 4.74 Å². The molecule has 0 aromatic carbocycles. The Morgan fingerprint density at radius 3 is 2.76 bits per heavy atom. The van der Waals surface area contributed by atoms with Gasteiger partial charge in [0.05, 0.1) is 12.2 Å². The second-order valence-electron chi connectivity index (χ2n) is 8.31. The lowest BCUT2D eigenvalue weighted by Crippen LogP contribution is -2.47. The van der Waals surface area contributed by atoms with Gasteiger partial charge in [-0.2, -0.15) is 11.3 Å². The summed E-state index contributed by atoms with van der Waals surface area (Å²) in [5, 5.41) is 3.96. The molecular weight excluding hydrogens is 332 g/mol. The highest BCUT2D eigenvalue weighted by atomic mass is 32.1. The first-order chi connectivity index (χ1) is 12.2. The third kappa shape index (κ3) is 3.51. The molecule has 2 saturated heterocycles. The minimum atomic E-state index is 0.205. The van der Waals surface area contributed by atoms with Crippen molar-refractivity contribution in [1.29, 1.82) is 0 Å². The Bertz CT molecular complexity index is 577. The van der Waals surface area contributed by atoms with Crippen molar-refractivity contribution < 1.29 is 9.53 Å². The zero-order valence-corrected chi connectivity index (χ0v) is 16.1. The number of piperidine rings is 1. The van der Waals surface area contributed by atoms with Crippen LogP contribution >= 0.6 is 11.3 Å². The molecule has 1 aromatic heterocycles. The highest BCUT2D eigenvalue weighted by molar-refractivity contribution is 7.08. The average Bonchev–Trinajstić information content (AvgIpc) is 3.22. The van der Waals surface area contributed by atoms with E-state index in [0.29, 0.717) is 5.92 Å². The van der Waals surface area contributed by atoms with Crippen LogP contribution in [0.2, 0.25) is 0 Å². The van der Waals surface area contributed by atoms with Gasteiger partial charge in [0, 0.05) is 38.0 Å². The second kappa shape index (κ2) is 7.37. The molecule has 3 aliphatic rings. The van der Waals surface area contributed by atoms with Crippen molar-refractivity contribution in [1.82, 2.24) is 9.80 Å².